The summed E-state index contributed by atoms with van der Waals surface area (Å²) in [7, 11) is 0. The Morgan fingerprint density at radius 2 is 1.87 bits per heavy atom. The molecule has 0 unspecified atom stereocenters. The number of halogens is 1. The van der Waals surface area contributed by atoms with Gasteiger partial charge in [-0.15, -0.1) is 11.3 Å². The number of pyridine rings is 1. The molecular formula is C17H17BrN4S. The lowest BCUT2D eigenvalue weighted by Crippen LogP contribution is -2.46. The van der Waals surface area contributed by atoms with Crippen molar-refractivity contribution in [3.05, 3.63) is 52.1 Å². The van der Waals surface area contributed by atoms with Crippen LogP contribution in [0.3, 0.4) is 0 Å². The zero-order chi connectivity index (χ0) is 15.6. The van der Waals surface area contributed by atoms with Crippen LogP contribution in [-0.2, 0) is 6.54 Å². The van der Waals surface area contributed by atoms with E-state index in [0.717, 1.165) is 48.5 Å². The van der Waals surface area contributed by atoms with E-state index in [1.165, 1.54) is 9.71 Å². The van der Waals surface area contributed by atoms with Gasteiger partial charge in [0.05, 0.1) is 16.8 Å². The molecule has 118 valence electrons. The van der Waals surface area contributed by atoms with Crippen LogP contribution in [-0.4, -0.2) is 41.0 Å². The third kappa shape index (κ3) is 3.39. The van der Waals surface area contributed by atoms with Gasteiger partial charge in [0.25, 0.3) is 0 Å². The number of piperazine rings is 1. The molecule has 0 bridgehead atoms. The van der Waals surface area contributed by atoms with Crippen LogP contribution in [0.5, 0.6) is 0 Å². The molecule has 0 spiro atoms. The zero-order valence-electron chi connectivity index (χ0n) is 12.7. The van der Waals surface area contributed by atoms with Crippen molar-refractivity contribution in [3.8, 4) is 0 Å². The summed E-state index contributed by atoms with van der Waals surface area (Å²) in [6.07, 6.45) is 1.86. The van der Waals surface area contributed by atoms with Gasteiger partial charge in [-0.1, -0.05) is 12.1 Å². The molecule has 2 aromatic heterocycles. The number of fused-ring (bicyclic) bond motifs is 1. The molecule has 6 heteroatoms. The molecule has 0 amide bonds. The molecule has 1 aliphatic heterocycles. The highest BCUT2D eigenvalue weighted by molar-refractivity contribution is 9.10. The van der Waals surface area contributed by atoms with Gasteiger partial charge in [0.2, 0.25) is 0 Å². The minimum absolute atomic E-state index is 0.945. The third-order valence-corrected chi connectivity index (χ3v) is 5.60. The standard InChI is InChI=1S/C17H17BrN4S/c18-13-5-6-16(19-11-13)22-9-7-21(8-10-22)12-17-20-14-3-1-2-4-15(14)23-17/h1-6,11H,7-10,12H2. The molecule has 0 aliphatic carbocycles. The van der Waals surface area contributed by atoms with E-state index < -0.39 is 0 Å². The van der Waals surface area contributed by atoms with Gasteiger partial charge < -0.3 is 4.90 Å². The van der Waals surface area contributed by atoms with Crippen molar-refractivity contribution in [2.45, 2.75) is 6.54 Å². The maximum atomic E-state index is 4.74. The van der Waals surface area contributed by atoms with Crippen molar-refractivity contribution < 1.29 is 0 Å². The van der Waals surface area contributed by atoms with Crippen molar-refractivity contribution >= 4 is 43.3 Å². The minimum Gasteiger partial charge on any atom is -0.354 e. The lowest BCUT2D eigenvalue weighted by molar-refractivity contribution is 0.249. The van der Waals surface area contributed by atoms with Gasteiger partial charge in [-0.25, -0.2) is 9.97 Å². The zero-order valence-corrected chi connectivity index (χ0v) is 15.1. The van der Waals surface area contributed by atoms with Gasteiger partial charge in [-0.3, -0.25) is 4.90 Å². The van der Waals surface area contributed by atoms with Crippen LogP contribution in [0.2, 0.25) is 0 Å². The highest BCUT2D eigenvalue weighted by Gasteiger charge is 2.19. The summed E-state index contributed by atoms with van der Waals surface area (Å²) in [4.78, 5) is 14.1. The summed E-state index contributed by atoms with van der Waals surface area (Å²) in [6, 6.07) is 12.5. The van der Waals surface area contributed by atoms with Crippen LogP contribution < -0.4 is 4.90 Å². The van der Waals surface area contributed by atoms with Crippen LogP contribution in [0.15, 0.2) is 47.1 Å². The summed E-state index contributed by atoms with van der Waals surface area (Å²) in [5.41, 5.74) is 1.12. The summed E-state index contributed by atoms with van der Waals surface area (Å²) < 4.78 is 2.30. The lowest BCUT2D eigenvalue weighted by Gasteiger charge is -2.34. The number of para-hydroxylation sites is 1. The van der Waals surface area contributed by atoms with E-state index in [1.54, 1.807) is 11.3 Å². The first-order valence-electron chi connectivity index (χ1n) is 7.71. The number of anilines is 1. The van der Waals surface area contributed by atoms with E-state index in [2.05, 4.69) is 67.1 Å². The predicted octanol–water partition coefficient (Wildman–Crippen LogP) is 3.78. The molecule has 4 rings (SSSR count). The smallest absolute Gasteiger partial charge is 0.128 e. The largest absolute Gasteiger partial charge is 0.354 e. The Labute approximate surface area is 147 Å². The number of aromatic nitrogens is 2. The minimum atomic E-state index is 0.945. The Morgan fingerprint density at radius 1 is 1.04 bits per heavy atom. The van der Waals surface area contributed by atoms with Crippen LogP contribution >= 0.6 is 27.3 Å². The SMILES string of the molecule is Brc1ccc(N2CCN(Cc3nc4ccccc4s3)CC2)nc1. The van der Waals surface area contributed by atoms with Crippen molar-refractivity contribution in [2.24, 2.45) is 0 Å². The van der Waals surface area contributed by atoms with Crippen LogP contribution in [0, 0.1) is 0 Å². The molecule has 0 radical (unpaired) electrons. The summed E-state index contributed by atoms with van der Waals surface area (Å²) in [5, 5.41) is 1.21. The number of hydrogen-bond donors (Lipinski definition) is 0. The normalized spacial score (nSPS) is 16.1. The van der Waals surface area contributed by atoms with Gasteiger partial charge in [0, 0.05) is 36.8 Å². The maximum Gasteiger partial charge on any atom is 0.128 e. The predicted molar refractivity (Wildman–Crippen MR) is 99.0 cm³/mol. The van der Waals surface area contributed by atoms with E-state index in [1.807, 2.05) is 6.20 Å². The van der Waals surface area contributed by atoms with Crippen molar-refractivity contribution in [1.82, 2.24) is 14.9 Å². The quantitative estimate of drug-likeness (QED) is 0.683. The molecule has 1 saturated heterocycles. The second-order valence-electron chi connectivity index (χ2n) is 5.67. The number of nitrogens with zero attached hydrogens (tertiary/aromatic N) is 4. The molecule has 0 N–H and O–H groups in total. The van der Waals surface area contributed by atoms with E-state index in [-0.39, 0.29) is 0 Å². The molecule has 1 aliphatic rings. The Bertz CT molecular complexity index is 761. The lowest BCUT2D eigenvalue weighted by atomic mass is 10.3. The van der Waals surface area contributed by atoms with Gasteiger partial charge >= 0.3 is 0 Å². The van der Waals surface area contributed by atoms with Crippen molar-refractivity contribution in [3.63, 3.8) is 0 Å². The highest BCUT2D eigenvalue weighted by Crippen LogP contribution is 2.23. The van der Waals surface area contributed by atoms with Crippen molar-refractivity contribution in [2.75, 3.05) is 31.1 Å². The van der Waals surface area contributed by atoms with Crippen molar-refractivity contribution in [1.29, 1.82) is 0 Å². The summed E-state index contributed by atoms with van der Waals surface area (Å²) in [5.74, 6) is 1.06. The van der Waals surface area contributed by atoms with E-state index >= 15 is 0 Å². The van der Waals surface area contributed by atoms with E-state index in [9.17, 15) is 0 Å². The Balaban J connectivity index is 1.38. The van der Waals surface area contributed by atoms with Gasteiger partial charge in [0.1, 0.15) is 10.8 Å². The van der Waals surface area contributed by atoms with E-state index in [4.69, 9.17) is 4.98 Å². The maximum absolute atomic E-state index is 4.74. The van der Waals surface area contributed by atoms with Gasteiger partial charge in [0.15, 0.2) is 0 Å². The fourth-order valence-corrected chi connectivity index (χ4v) is 4.11. The number of benzene rings is 1. The molecule has 0 saturated carbocycles. The Hall–Kier alpha value is -1.50. The van der Waals surface area contributed by atoms with Gasteiger partial charge in [-0.05, 0) is 40.2 Å². The summed E-state index contributed by atoms with van der Waals surface area (Å²) >= 11 is 5.24. The molecule has 1 fully saturated rings. The number of hydrogen-bond acceptors (Lipinski definition) is 5. The highest BCUT2D eigenvalue weighted by atomic mass is 79.9. The molecule has 23 heavy (non-hydrogen) atoms. The Kier molecular flexibility index (Phi) is 4.29. The first-order chi connectivity index (χ1) is 11.3. The first kappa shape index (κ1) is 15.1. The fourth-order valence-electron chi connectivity index (χ4n) is 2.87. The molecule has 4 nitrogen and oxygen atoms in total. The molecular weight excluding hydrogens is 372 g/mol. The number of thiazole rings is 1. The van der Waals surface area contributed by atoms with Crippen LogP contribution in [0.1, 0.15) is 5.01 Å². The molecule has 3 aromatic rings. The Morgan fingerprint density at radius 3 is 2.61 bits per heavy atom. The summed E-state index contributed by atoms with van der Waals surface area (Å²) in [6.45, 7) is 5.07. The molecule has 3 heterocycles. The second kappa shape index (κ2) is 6.55. The topological polar surface area (TPSA) is 32.3 Å². The average molecular weight is 389 g/mol. The molecule has 1 aromatic carbocycles. The van der Waals surface area contributed by atoms with Crippen LogP contribution in [0.25, 0.3) is 10.2 Å². The van der Waals surface area contributed by atoms with E-state index in [0.29, 0.717) is 0 Å². The average Bonchev–Trinajstić information content (AvgIpc) is 2.98. The molecule has 0 atom stereocenters. The fraction of sp³-hybridized carbons (Fsp3) is 0.294. The number of rotatable bonds is 3. The van der Waals surface area contributed by atoms with Crippen LogP contribution in [0.4, 0.5) is 5.82 Å². The monoisotopic (exact) mass is 388 g/mol. The van der Waals surface area contributed by atoms with Gasteiger partial charge in [-0.2, -0.15) is 0 Å². The third-order valence-electron chi connectivity index (χ3n) is 4.11. The second-order valence-corrected chi connectivity index (χ2v) is 7.70. The first-order valence-corrected chi connectivity index (χ1v) is 9.32.